The highest BCUT2D eigenvalue weighted by Crippen LogP contribution is 2.37. The zero-order chi connectivity index (χ0) is 23.6. The van der Waals surface area contributed by atoms with Crippen LogP contribution in [0.4, 0.5) is 0 Å². The molecule has 0 spiro atoms. The van der Waals surface area contributed by atoms with Crippen LogP contribution in [0.5, 0.6) is 0 Å². The van der Waals surface area contributed by atoms with E-state index in [0.717, 1.165) is 15.5 Å². The lowest BCUT2D eigenvalue weighted by Crippen LogP contribution is -2.66. The molecule has 172 valence electrons. The second-order valence-electron chi connectivity index (χ2n) is 9.78. The van der Waals surface area contributed by atoms with Crippen LogP contribution < -0.4 is 16.1 Å². The van der Waals surface area contributed by atoms with Gasteiger partial charge in [0.15, 0.2) is 0 Å². The molecule has 0 fully saturated rings. The summed E-state index contributed by atoms with van der Waals surface area (Å²) in [7, 11) is -2.59. The van der Waals surface area contributed by atoms with Gasteiger partial charge in [-0.1, -0.05) is 104 Å². The lowest BCUT2D eigenvalue weighted by molar-refractivity contribution is 0.231. The molecule has 0 aliphatic rings. The first kappa shape index (κ1) is 23.7. The predicted molar refractivity (Wildman–Crippen MR) is 143 cm³/mol. The third-order valence-electron chi connectivity index (χ3n) is 6.23. The first-order chi connectivity index (χ1) is 15.7. The van der Waals surface area contributed by atoms with E-state index in [-0.39, 0.29) is 16.6 Å². The Balaban J connectivity index is 1.68. The largest absolute Gasteiger partial charge is 0.407 e. The van der Waals surface area contributed by atoms with Gasteiger partial charge in [0.1, 0.15) is 0 Å². The maximum Gasteiger partial charge on any atom is 0.326 e. The Morgan fingerprint density at radius 3 is 2.09 bits per heavy atom. The minimum atomic E-state index is -2.59. The van der Waals surface area contributed by atoms with Gasteiger partial charge >= 0.3 is 5.69 Å². The van der Waals surface area contributed by atoms with E-state index in [4.69, 9.17) is 4.43 Å². The maximum absolute atomic E-state index is 12.6. The number of H-pyrrole nitrogens is 1. The van der Waals surface area contributed by atoms with E-state index in [1.807, 2.05) is 22.8 Å². The number of aromatic amines is 1. The molecule has 0 unspecified atom stereocenters. The number of imidazole rings is 1. The summed E-state index contributed by atoms with van der Waals surface area (Å²) >= 11 is 3.52. The van der Waals surface area contributed by atoms with Crippen LogP contribution in [0.15, 0.2) is 88.1 Å². The topological polar surface area (TPSA) is 47.0 Å². The molecule has 0 aliphatic carbocycles. The van der Waals surface area contributed by atoms with Crippen molar-refractivity contribution in [2.75, 3.05) is 6.61 Å². The number of halogens is 1. The molecular formula is C27H31BrN2O2Si. The molecule has 4 aromatic rings. The molecule has 0 bridgehead atoms. The minimum Gasteiger partial charge on any atom is -0.407 e. The molecule has 4 nitrogen and oxygen atoms in total. The number of fused-ring (bicyclic) bond motifs is 1. The van der Waals surface area contributed by atoms with Gasteiger partial charge in [0.2, 0.25) is 0 Å². The highest BCUT2D eigenvalue weighted by atomic mass is 79.9. The molecule has 0 amide bonds. The fourth-order valence-corrected chi connectivity index (χ4v) is 9.74. The van der Waals surface area contributed by atoms with Gasteiger partial charge in [0.25, 0.3) is 8.32 Å². The summed E-state index contributed by atoms with van der Waals surface area (Å²) in [6.45, 7) is 10.2. The molecule has 0 radical (unpaired) electrons. The summed E-state index contributed by atoms with van der Waals surface area (Å²) in [5.41, 5.74) is 1.68. The predicted octanol–water partition coefficient (Wildman–Crippen LogP) is 5.30. The van der Waals surface area contributed by atoms with E-state index in [0.29, 0.717) is 13.2 Å². The van der Waals surface area contributed by atoms with Gasteiger partial charge in [-0.05, 0) is 39.5 Å². The number of hydrogen-bond acceptors (Lipinski definition) is 2. The van der Waals surface area contributed by atoms with Gasteiger partial charge in [0, 0.05) is 17.6 Å². The van der Waals surface area contributed by atoms with Crippen molar-refractivity contribution in [1.82, 2.24) is 9.55 Å². The Morgan fingerprint density at radius 1 is 0.970 bits per heavy atom. The fraction of sp³-hybridized carbons (Fsp3) is 0.296. The monoisotopic (exact) mass is 522 g/mol. The van der Waals surface area contributed by atoms with Crippen LogP contribution in [0, 0.1) is 5.92 Å². The third kappa shape index (κ3) is 4.65. The Hall–Kier alpha value is -2.41. The van der Waals surface area contributed by atoms with Crippen molar-refractivity contribution >= 4 is 45.7 Å². The van der Waals surface area contributed by atoms with Crippen LogP contribution in [-0.4, -0.2) is 24.5 Å². The van der Waals surface area contributed by atoms with Crippen molar-refractivity contribution in [3.05, 3.63) is 93.8 Å². The van der Waals surface area contributed by atoms with Crippen LogP contribution >= 0.6 is 15.9 Å². The number of benzene rings is 3. The van der Waals surface area contributed by atoms with Crippen molar-refractivity contribution in [3.8, 4) is 0 Å². The van der Waals surface area contributed by atoms with Crippen LogP contribution in [0.3, 0.4) is 0 Å². The lowest BCUT2D eigenvalue weighted by atomic mass is 10.2. The molecule has 6 heteroatoms. The SMILES string of the molecule is C[C@H](CO[Si](c1ccccc1)(c1ccccc1)C(C)(C)C)Cn1c(=O)[nH]c2ccc(Br)cc21. The summed E-state index contributed by atoms with van der Waals surface area (Å²) in [5.74, 6) is 0.155. The molecule has 1 heterocycles. The summed E-state index contributed by atoms with van der Waals surface area (Å²) in [6.07, 6.45) is 0. The van der Waals surface area contributed by atoms with Crippen LogP contribution in [0.1, 0.15) is 27.7 Å². The van der Waals surface area contributed by atoms with E-state index in [1.165, 1.54) is 10.4 Å². The first-order valence-electron chi connectivity index (χ1n) is 11.4. The number of rotatable bonds is 7. The quantitative estimate of drug-likeness (QED) is 0.334. The van der Waals surface area contributed by atoms with E-state index in [9.17, 15) is 4.79 Å². The van der Waals surface area contributed by atoms with Crippen molar-refractivity contribution in [2.24, 2.45) is 5.92 Å². The van der Waals surface area contributed by atoms with Crippen LogP contribution in [0.25, 0.3) is 11.0 Å². The van der Waals surface area contributed by atoms with Crippen molar-refractivity contribution in [3.63, 3.8) is 0 Å². The maximum atomic E-state index is 12.6. The van der Waals surface area contributed by atoms with Crippen LogP contribution in [0.2, 0.25) is 5.04 Å². The fourth-order valence-electron chi connectivity index (χ4n) is 4.70. The second kappa shape index (κ2) is 9.45. The molecule has 33 heavy (non-hydrogen) atoms. The zero-order valence-corrected chi connectivity index (χ0v) is 22.2. The summed E-state index contributed by atoms with van der Waals surface area (Å²) in [5, 5.41) is 2.46. The highest BCUT2D eigenvalue weighted by Gasteiger charge is 2.50. The molecule has 3 aromatic carbocycles. The highest BCUT2D eigenvalue weighted by molar-refractivity contribution is 9.10. The normalized spacial score (nSPS) is 13.4. The van der Waals surface area contributed by atoms with Crippen molar-refractivity contribution < 1.29 is 4.43 Å². The number of nitrogens with one attached hydrogen (secondary N) is 1. The average Bonchev–Trinajstić information content (AvgIpc) is 3.09. The molecule has 4 rings (SSSR count). The Morgan fingerprint density at radius 2 is 1.55 bits per heavy atom. The number of aromatic nitrogens is 2. The molecule has 1 aromatic heterocycles. The van der Waals surface area contributed by atoms with Gasteiger partial charge in [-0.25, -0.2) is 4.79 Å². The van der Waals surface area contributed by atoms with E-state index in [1.54, 1.807) is 0 Å². The summed E-state index contributed by atoms with van der Waals surface area (Å²) < 4.78 is 9.83. The smallest absolute Gasteiger partial charge is 0.326 e. The molecule has 0 saturated heterocycles. The first-order valence-corrected chi connectivity index (χ1v) is 14.1. The van der Waals surface area contributed by atoms with Crippen LogP contribution in [-0.2, 0) is 11.0 Å². The standard InChI is InChI=1S/C27H31BrN2O2Si/c1-20(18-30-25-17-21(28)15-16-24(25)29-26(30)31)19-32-33(27(2,3)4,22-11-7-5-8-12-22)23-13-9-6-10-14-23/h5-17,20H,18-19H2,1-4H3,(H,29,31)/t20-/m0/s1. The Kier molecular flexibility index (Phi) is 6.80. The van der Waals surface area contributed by atoms with Gasteiger partial charge in [-0.3, -0.25) is 4.57 Å². The third-order valence-corrected chi connectivity index (χ3v) is 11.7. The molecule has 1 N–H and O–H groups in total. The van der Waals surface area contributed by atoms with E-state index >= 15 is 0 Å². The molecule has 0 saturated carbocycles. The van der Waals surface area contributed by atoms with Gasteiger partial charge in [0.05, 0.1) is 11.0 Å². The number of nitrogens with zero attached hydrogens (tertiary/aromatic N) is 1. The Labute approximate surface area is 204 Å². The average molecular weight is 524 g/mol. The zero-order valence-electron chi connectivity index (χ0n) is 19.6. The lowest BCUT2D eigenvalue weighted by Gasteiger charge is -2.43. The Bertz CT molecular complexity index is 1240. The van der Waals surface area contributed by atoms with Gasteiger partial charge < -0.3 is 9.41 Å². The van der Waals surface area contributed by atoms with Crippen molar-refractivity contribution in [1.29, 1.82) is 0 Å². The summed E-state index contributed by atoms with van der Waals surface area (Å²) in [4.78, 5) is 15.6. The van der Waals surface area contributed by atoms with E-state index in [2.05, 4.69) is 109 Å². The van der Waals surface area contributed by atoms with Gasteiger partial charge in [-0.2, -0.15) is 0 Å². The minimum absolute atomic E-state index is 0.0715. The molecular weight excluding hydrogens is 492 g/mol. The van der Waals surface area contributed by atoms with E-state index < -0.39 is 8.32 Å². The van der Waals surface area contributed by atoms with Crippen molar-refractivity contribution in [2.45, 2.75) is 39.3 Å². The summed E-state index contributed by atoms with van der Waals surface area (Å²) in [6, 6.07) is 27.2. The van der Waals surface area contributed by atoms with Gasteiger partial charge in [-0.15, -0.1) is 0 Å². The molecule has 1 atom stereocenters. The molecule has 0 aliphatic heterocycles. The second-order valence-corrected chi connectivity index (χ2v) is 15.0. The number of hydrogen-bond donors (Lipinski definition) is 1.